The number of H-pyrrole nitrogens is 1. The van der Waals surface area contributed by atoms with Gasteiger partial charge in [-0.1, -0.05) is 18.2 Å². The molecule has 22 heavy (non-hydrogen) atoms. The summed E-state index contributed by atoms with van der Waals surface area (Å²) in [6.45, 7) is 0.490. The number of aromatic amines is 1. The average Bonchev–Trinajstić information content (AvgIpc) is 2.92. The molecule has 2 aromatic heterocycles. The fourth-order valence-corrected chi connectivity index (χ4v) is 3.74. The normalized spacial score (nSPS) is 10.8. The van der Waals surface area contributed by atoms with Crippen LogP contribution < -0.4 is 5.56 Å². The van der Waals surface area contributed by atoms with Gasteiger partial charge in [-0.05, 0) is 34.1 Å². The summed E-state index contributed by atoms with van der Waals surface area (Å²) in [5, 5.41) is 7.36. The standard InChI is InChI=1S/C15H12BrN3O2S/c1-19(8-9-6-7-12(16)22-9)15(21)13-10-4-2-3-5-11(10)14(20)18-17-13/h2-7H,8H2,1H3,(H,18,20). The molecule has 0 unspecified atom stereocenters. The summed E-state index contributed by atoms with van der Waals surface area (Å²) in [7, 11) is 1.72. The third kappa shape index (κ3) is 2.82. The van der Waals surface area contributed by atoms with Gasteiger partial charge in [-0.2, -0.15) is 5.10 Å². The predicted molar refractivity (Wildman–Crippen MR) is 90.2 cm³/mol. The molecule has 0 spiro atoms. The maximum Gasteiger partial charge on any atom is 0.275 e. The number of fused-ring (bicyclic) bond motifs is 1. The third-order valence-electron chi connectivity index (χ3n) is 3.27. The van der Waals surface area contributed by atoms with Crippen molar-refractivity contribution >= 4 is 43.9 Å². The Balaban J connectivity index is 1.95. The second kappa shape index (κ2) is 6.02. The molecule has 0 aliphatic carbocycles. The van der Waals surface area contributed by atoms with Crippen LogP contribution in [0.2, 0.25) is 0 Å². The van der Waals surface area contributed by atoms with Crippen molar-refractivity contribution in [2.45, 2.75) is 6.54 Å². The van der Waals surface area contributed by atoms with Gasteiger partial charge in [0.1, 0.15) is 0 Å². The molecule has 5 nitrogen and oxygen atoms in total. The fraction of sp³-hybridized carbons (Fsp3) is 0.133. The van der Waals surface area contributed by atoms with E-state index in [4.69, 9.17) is 0 Å². The van der Waals surface area contributed by atoms with Crippen LogP contribution >= 0.6 is 27.3 Å². The summed E-state index contributed by atoms with van der Waals surface area (Å²) >= 11 is 4.99. The summed E-state index contributed by atoms with van der Waals surface area (Å²) in [4.78, 5) is 27.0. The van der Waals surface area contributed by atoms with Gasteiger partial charge in [0.25, 0.3) is 11.5 Å². The summed E-state index contributed by atoms with van der Waals surface area (Å²) < 4.78 is 1.02. The molecule has 0 fully saturated rings. The lowest BCUT2D eigenvalue weighted by atomic mass is 10.1. The maximum absolute atomic E-state index is 12.6. The Hall–Kier alpha value is -1.99. The van der Waals surface area contributed by atoms with Gasteiger partial charge in [0.05, 0.1) is 15.7 Å². The number of carbonyl (C=O) groups is 1. The van der Waals surface area contributed by atoms with Crippen molar-refractivity contribution < 1.29 is 4.79 Å². The van der Waals surface area contributed by atoms with E-state index < -0.39 is 0 Å². The van der Waals surface area contributed by atoms with Crippen molar-refractivity contribution in [3.05, 3.63) is 61.1 Å². The van der Waals surface area contributed by atoms with Gasteiger partial charge in [0.15, 0.2) is 5.69 Å². The first-order valence-corrected chi connectivity index (χ1v) is 8.14. The molecule has 1 N–H and O–H groups in total. The first-order valence-electron chi connectivity index (χ1n) is 6.53. The van der Waals surface area contributed by atoms with E-state index in [2.05, 4.69) is 26.1 Å². The Bertz CT molecular complexity index is 903. The number of rotatable bonds is 3. The van der Waals surface area contributed by atoms with Gasteiger partial charge in [-0.25, -0.2) is 5.10 Å². The highest BCUT2D eigenvalue weighted by atomic mass is 79.9. The quantitative estimate of drug-likeness (QED) is 0.762. The Morgan fingerprint density at radius 1 is 1.27 bits per heavy atom. The summed E-state index contributed by atoms with van der Waals surface area (Å²) in [6, 6.07) is 10.9. The number of amides is 1. The van der Waals surface area contributed by atoms with E-state index in [-0.39, 0.29) is 17.2 Å². The lowest BCUT2D eigenvalue weighted by molar-refractivity contribution is 0.0781. The number of hydrogen-bond acceptors (Lipinski definition) is 4. The number of carbonyl (C=O) groups excluding carboxylic acids is 1. The van der Waals surface area contributed by atoms with Crippen molar-refractivity contribution in [1.29, 1.82) is 0 Å². The van der Waals surface area contributed by atoms with Gasteiger partial charge in [-0.3, -0.25) is 9.59 Å². The highest BCUT2D eigenvalue weighted by Crippen LogP contribution is 2.23. The first-order chi connectivity index (χ1) is 10.6. The van der Waals surface area contributed by atoms with Crippen LogP contribution in [0.15, 0.2) is 45.0 Å². The highest BCUT2D eigenvalue weighted by Gasteiger charge is 2.18. The molecule has 0 bridgehead atoms. The number of nitrogens with zero attached hydrogens (tertiary/aromatic N) is 2. The molecule has 2 heterocycles. The zero-order valence-corrected chi connectivity index (χ0v) is 14.1. The van der Waals surface area contributed by atoms with E-state index in [0.717, 1.165) is 8.66 Å². The Kier molecular flexibility index (Phi) is 4.08. The van der Waals surface area contributed by atoms with Crippen LogP contribution in [0.4, 0.5) is 0 Å². The van der Waals surface area contributed by atoms with E-state index in [9.17, 15) is 9.59 Å². The van der Waals surface area contributed by atoms with Crippen LogP contribution in [-0.2, 0) is 6.54 Å². The zero-order valence-electron chi connectivity index (χ0n) is 11.7. The van der Waals surface area contributed by atoms with Crippen molar-refractivity contribution in [3.8, 4) is 0 Å². The Morgan fingerprint density at radius 3 is 2.68 bits per heavy atom. The van der Waals surface area contributed by atoms with Gasteiger partial charge >= 0.3 is 0 Å². The monoisotopic (exact) mass is 377 g/mol. The molecule has 3 aromatic rings. The minimum absolute atomic E-state index is 0.225. The molecule has 0 radical (unpaired) electrons. The molecule has 1 amide bonds. The second-order valence-electron chi connectivity index (χ2n) is 4.81. The number of benzene rings is 1. The van der Waals surface area contributed by atoms with Gasteiger partial charge in [0.2, 0.25) is 0 Å². The van der Waals surface area contributed by atoms with E-state index in [0.29, 0.717) is 17.3 Å². The summed E-state index contributed by atoms with van der Waals surface area (Å²) in [5.41, 5.74) is -0.0367. The first kappa shape index (κ1) is 14.9. The van der Waals surface area contributed by atoms with Crippen LogP contribution in [0.5, 0.6) is 0 Å². The largest absolute Gasteiger partial charge is 0.335 e. The number of hydrogen-bond donors (Lipinski definition) is 1. The van der Waals surface area contributed by atoms with E-state index in [1.807, 2.05) is 12.1 Å². The van der Waals surface area contributed by atoms with E-state index >= 15 is 0 Å². The number of nitrogens with one attached hydrogen (secondary N) is 1. The zero-order chi connectivity index (χ0) is 15.7. The molecule has 0 saturated carbocycles. The van der Waals surface area contributed by atoms with E-state index in [1.54, 1.807) is 47.5 Å². The van der Waals surface area contributed by atoms with Crippen molar-refractivity contribution in [3.63, 3.8) is 0 Å². The minimum atomic E-state index is -0.294. The molecular weight excluding hydrogens is 366 g/mol. The lowest BCUT2D eigenvalue weighted by Gasteiger charge is -2.16. The third-order valence-corrected chi connectivity index (χ3v) is 4.88. The van der Waals surface area contributed by atoms with Gasteiger partial charge in [-0.15, -0.1) is 11.3 Å². The molecule has 0 aliphatic heterocycles. The molecule has 1 aromatic carbocycles. The number of halogens is 1. The molecule has 7 heteroatoms. The summed E-state index contributed by atoms with van der Waals surface area (Å²) in [5.74, 6) is -0.225. The lowest BCUT2D eigenvalue weighted by Crippen LogP contribution is -2.28. The van der Waals surface area contributed by atoms with Crippen molar-refractivity contribution in [2.75, 3.05) is 7.05 Å². The van der Waals surface area contributed by atoms with Crippen LogP contribution in [0.3, 0.4) is 0 Å². The summed E-state index contributed by atoms with van der Waals surface area (Å²) in [6.07, 6.45) is 0. The predicted octanol–water partition coefficient (Wildman–Crippen LogP) is 3.02. The van der Waals surface area contributed by atoms with Crippen LogP contribution in [-0.4, -0.2) is 28.1 Å². The molecule has 0 aliphatic rings. The molecule has 3 rings (SSSR count). The average molecular weight is 378 g/mol. The van der Waals surface area contributed by atoms with Crippen LogP contribution in [0.25, 0.3) is 10.8 Å². The fourth-order valence-electron chi connectivity index (χ4n) is 2.20. The van der Waals surface area contributed by atoms with Gasteiger partial charge in [0, 0.05) is 17.3 Å². The number of aromatic nitrogens is 2. The molecule has 112 valence electrons. The minimum Gasteiger partial charge on any atom is -0.335 e. The van der Waals surface area contributed by atoms with Gasteiger partial charge < -0.3 is 4.90 Å². The maximum atomic E-state index is 12.6. The van der Waals surface area contributed by atoms with Crippen molar-refractivity contribution in [1.82, 2.24) is 15.1 Å². The van der Waals surface area contributed by atoms with Crippen molar-refractivity contribution in [2.24, 2.45) is 0 Å². The SMILES string of the molecule is CN(Cc1ccc(Br)s1)C(=O)c1n[nH]c(=O)c2ccccc12. The Labute approximate surface area is 138 Å². The number of thiophene rings is 1. The second-order valence-corrected chi connectivity index (χ2v) is 7.36. The molecule has 0 atom stereocenters. The highest BCUT2D eigenvalue weighted by molar-refractivity contribution is 9.11. The van der Waals surface area contributed by atoms with Crippen LogP contribution in [0.1, 0.15) is 15.4 Å². The van der Waals surface area contributed by atoms with E-state index in [1.165, 1.54) is 0 Å². The topological polar surface area (TPSA) is 66.1 Å². The molecule has 0 saturated heterocycles. The Morgan fingerprint density at radius 2 is 2.00 bits per heavy atom. The smallest absolute Gasteiger partial charge is 0.275 e. The van der Waals surface area contributed by atoms with Crippen LogP contribution in [0, 0.1) is 0 Å². The molecular formula is C15H12BrN3O2S.